The molecule has 2 rings (SSSR count). The quantitative estimate of drug-likeness (QED) is 0.765. The van der Waals surface area contributed by atoms with Crippen molar-refractivity contribution in [2.45, 2.75) is 51.2 Å². The lowest BCUT2D eigenvalue weighted by atomic mass is 9.86. The molecule has 0 aliphatic carbocycles. The van der Waals surface area contributed by atoms with Gasteiger partial charge in [-0.25, -0.2) is 0 Å². The molecule has 0 aromatic heterocycles. The van der Waals surface area contributed by atoms with Gasteiger partial charge in [0.25, 0.3) is 5.91 Å². The highest BCUT2D eigenvalue weighted by Gasteiger charge is 2.48. The van der Waals surface area contributed by atoms with Gasteiger partial charge in [0.1, 0.15) is 5.54 Å². The second-order valence-electron chi connectivity index (χ2n) is 4.75. The van der Waals surface area contributed by atoms with Gasteiger partial charge in [-0.2, -0.15) is 0 Å². The summed E-state index contributed by atoms with van der Waals surface area (Å²) in [5, 5.41) is 6.10. The molecule has 2 aliphatic rings. The van der Waals surface area contributed by atoms with Gasteiger partial charge in [0.05, 0.1) is 6.10 Å². The number of amides is 1. The summed E-state index contributed by atoms with van der Waals surface area (Å²) in [6.07, 6.45) is 3.56. The van der Waals surface area contributed by atoms with E-state index >= 15 is 0 Å². The molecule has 17 heavy (non-hydrogen) atoms. The minimum Gasteiger partial charge on any atom is -0.378 e. The molecular weight excluding hydrogens is 218 g/mol. The highest BCUT2D eigenvalue weighted by molar-refractivity contribution is 6.09. The number of carbonyl (C=O) groups is 1. The van der Waals surface area contributed by atoms with E-state index in [4.69, 9.17) is 4.74 Å². The highest BCUT2D eigenvalue weighted by atomic mass is 16.5. The Morgan fingerprint density at radius 2 is 2.35 bits per heavy atom. The van der Waals surface area contributed by atoms with E-state index < -0.39 is 5.54 Å². The number of rotatable bonds is 3. The summed E-state index contributed by atoms with van der Waals surface area (Å²) in [5.74, 6) is 0.683. The Morgan fingerprint density at radius 1 is 1.53 bits per heavy atom. The van der Waals surface area contributed by atoms with Crippen molar-refractivity contribution in [3.8, 4) is 0 Å². The van der Waals surface area contributed by atoms with Crippen LogP contribution in [-0.4, -0.2) is 36.7 Å². The third kappa shape index (κ3) is 2.44. The van der Waals surface area contributed by atoms with Crippen LogP contribution >= 0.6 is 0 Å². The summed E-state index contributed by atoms with van der Waals surface area (Å²) in [5.41, 5.74) is -0.481. The molecule has 0 bridgehead atoms. The Hall–Kier alpha value is -1.10. The first-order chi connectivity index (χ1) is 8.20. The zero-order valence-electron chi connectivity index (χ0n) is 10.6. The standard InChI is InChI=1S/C12H21N3O2/c1-3-6-13-11-14-10(16)12(15-11)5-7-17-9(4-2)8-12/h9H,3-8H2,1-2H3,(H2,13,14,15,16). The van der Waals surface area contributed by atoms with Crippen molar-refractivity contribution in [1.29, 1.82) is 0 Å². The van der Waals surface area contributed by atoms with Crippen molar-refractivity contribution in [2.24, 2.45) is 4.99 Å². The van der Waals surface area contributed by atoms with Crippen molar-refractivity contribution in [2.75, 3.05) is 13.2 Å². The van der Waals surface area contributed by atoms with Crippen molar-refractivity contribution in [1.82, 2.24) is 10.6 Å². The molecule has 2 N–H and O–H groups in total. The largest absolute Gasteiger partial charge is 0.378 e. The van der Waals surface area contributed by atoms with Gasteiger partial charge in [-0.1, -0.05) is 13.8 Å². The summed E-state index contributed by atoms with van der Waals surface area (Å²) in [6, 6.07) is 0. The molecule has 2 aliphatic heterocycles. The first-order valence-electron chi connectivity index (χ1n) is 6.46. The van der Waals surface area contributed by atoms with Crippen molar-refractivity contribution in [3.05, 3.63) is 0 Å². The molecule has 0 aromatic carbocycles. The molecule has 96 valence electrons. The van der Waals surface area contributed by atoms with Crippen LogP contribution in [0.2, 0.25) is 0 Å². The van der Waals surface area contributed by atoms with Gasteiger partial charge in [0, 0.05) is 26.0 Å². The van der Waals surface area contributed by atoms with E-state index in [-0.39, 0.29) is 12.0 Å². The third-order valence-corrected chi connectivity index (χ3v) is 3.43. The first-order valence-corrected chi connectivity index (χ1v) is 6.46. The van der Waals surface area contributed by atoms with Gasteiger partial charge in [-0.05, 0) is 12.8 Å². The van der Waals surface area contributed by atoms with Crippen LogP contribution in [0.5, 0.6) is 0 Å². The van der Waals surface area contributed by atoms with Crippen LogP contribution in [0.4, 0.5) is 0 Å². The minimum atomic E-state index is -0.481. The van der Waals surface area contributed by atoms with Gasteiger partial charge in [-0.15, -0.1) is 0 Å². The van der Waals surface area contributed by atoms with E-state index in [2.05, 4.69) is 29.5 Å². The fourth-order valence-electron chi connectivity index (χ4n) is 2.38. The van der Waals surface area contributed by atoms with Crippen LogP contribution in [0.15, 0.2) is 4.99 Å². The zero-order chi connectivity index (χ0) is 12.3. The average Bonchev–Trinajstić information content (AvgIpc) is 2.63. The molecule has 0 radical (unpaired) electrons. The van der Waals surface area contributed by atoms with Gasteiger partial charge < -0.3 is 10.1 Å². The Kier molecular flexibility index (Phi) is 3.66. The summed E-state index contributed by atoms with van der Waals surface area (Å²) in [7, 11) is 0. The topological polar surface area (TPSA) is 62.7 Å². The van der Waals surface area contributed by atoms with E-state index in [9.17, 15) is 4.79 Å². The normalized spacial score (nSPS) is 35.1. The summed E-state index contributed by atoms with van der Waals surface area (Å²) >= 11 is 0. The summed E-state index contributed by atoms with van der Waals surface area (Å²) in [6.45, 7) is 5.53. The molecule has 1 spiro atoms. The summed E-state index contributed by atoms with van der Waals surface area (Å²) in [4.78, 5) is 16.4. The van der Waals surface area contributed by atoms with E-state index in [1.807, 2.05) is 0 Å². The minimum absolute atomic E-state index is 0.0501. The van der Waals surface area contributed by atoms with Crippen LogP contribution in [0.25, 0.3) is 0 Å². The Labute approximate surface area is 102 Å². The van der Waals surface area contributed by atoms with Crippen molar-refractivity contribution in [3.63, 3.8) is 0 Å². The molecule has 2 unspecified atom stereocenters. The van der Waals surface area contributed by atoms with Crippen LogP contribution in [0, 0.1) is 0 Å². The molecule has 0 aromatic rings. The Balaban J connectivity index is 2.07. The number of guanidine groups is 1. The number of carbonyl (C=O) groups excluding carboxylic acids is 1. The van der Waals surface area contributed by atoms with Crippen LogP contribution in [-0.2, 0) is 9.53 Å². The van der Waals surface area contributed by atoms with Crippen molar-refractivity contribution >= 4 is 11.9 Å². The van der Waals surface area contributed by atoms with E-state index in [0.717, 1.165) is 32.2 Å². The fraction of sp³-hybridized carbons (Fsp3) is 0.833. The highest BCUT2D eigenvalue weighted by Crippen LogP contribution is 2.28. The molecule has 0 saturated carbocycles. The first kappa shape index (κ1) is 12.4. The lowest BCUT2D eigenvalue weighted by Crippen LogP contribution is -2.53. The number of aliphatic imine (C=N–C) groups is 1. The molecule has 5 nitrogen and oxygen atoms in total. The Bertz CT molecular complexity index is 330. The maximum Gasteiger partial charge on any atom is 0.252 e. The summed E-state index contributed by atoms with van der Waals surface area (Å²) < 4.78 is 5.62. The number of nitrogens with zero attached hydrogens (tertiary/aromatic N) is 1. The average molecular weight is 239 g/mol. The second kappa shape index (κ2) is 5.04. The predicted octanol–water partition coefficient (Wildman–Crippen LogP) is 0.800. The number of hydrogen-bond donors (Lipinski definition) is 2. The maximum absolute atomic E-state index is 12.1. The molecule has 5 heteroatoms. The van der Waals surface area contributed by atoms with Gasteiger partial charge in [0.15, 0.2) is 5.96 Å². The molecule has 2 atom stereocenters. The smallest absolute Gasteiger partial charge is 0.252 e. The predicted molar refractivity (Wildman–Crippen MR) is 65.9 cm³/mol. The maximum atomic E-state index is 12.1. The molecule has 2 heterocycles. The zero-order valence-corrected chi connectivity index (χ0v) is 10.6. The van der Waals surface area contributed by atoms with Gasteiger partial charge >= 0.3 is 0 Å². The lowest BCUT2D eigenvalue weighted by Gasteiger charge is -2.35. The molecule has 1 amide bonds. The lowest BCUT2D eigenvalue weighted by molar-refractivity contribution is -0.129. The van der Waals surface area contributed by atoms with E-state index in [0.29, 0.717) is 12.6 Å². The number of ether oxygens (including phenoxy) is 1. The number of nitrogens with one attached hydrogen (secondary N) is 2. The Morgan fingerprint density at radius 3 is 3.06 bits per heavy atom. The second-order valence-corrected chi connectivity index (χ2v) is 4.75. The van der Waals surface area contributed by atoms with Gasteiger partial charge in [0.2, 0.25) is 0 Å². The van der Waals surface area contributed by atoms with E-state index in [1.54, 1.807) is 0 Å². The SMILES string of the molecule is CCCN=C1NC(=O)C2(CCOC(CC)C2)N1. The van der Waals surface area contributed by atoms with Crippen LogP contribution in [0.1, 0.15) is 39.5 Å². The molecule has 2 saturated heterocycles. The third-order valence-electron chi connectivity index (χ3n) is 3.43. The molecule has 2 fully saturated rings. The van der Waals surface area contributed by atoms with Crippen LogP contribution < -0.4 is 10.6 Å². The molecular formula is C12H21N3O2. The van der Waals surface area contributed by atoms with Crippen molar-refractivity contribution < 1.29 is 9.53 Å². The van der Waals surface area contributed by atoms with E-state index in [1.165, 1.54) is 0 Å². The monoisotopic (exact) mass is 239 g/mol. The van der Waals surface area contributed by atoms with Gasteiger partial charge in [-0.3, -0.25) is 15.1 Å². The fourth-order valence-corrected chi connectivity index (χ4v) is 2.38. The number of hydrogen-bond acceptors (Lipinski definition) is 3. The van der Waals surface area contributed by atoms with Crippen LogP contribution in [0.3, 0.4) is 0 Å².